The van der Waals surface area contributed by atoms with Gasteiger partial charge in [-0.25, -0.2) is 19.3 Å². The van der Waals surface area contributed by atoms with E-state index in [1.807, 2.05) is 13.8 Å². The number of carboxylic acids is 1. The predicted octanol–water partition coefficient (Wildman–Crippen LogP) is 3.74. The molecule has 0 bridgehead atoms. The lowest BCUT2D eigenvalue weighted by atomic mass is 9.98. The largest absolute Gasteiger partial charge is 0.477 e. The van der Waals surface area contributed by atoms with E-state index in [1.54, 1.807) is 6.92 Å². The SMILES string of the molecule is CC(C)Nc1nc2c(c(=O)n1-c1ncc(C(=O)O)n1C)C[C@@H](C)N(C(=O)c1ccc(Cl)c(C(F)(F)F)c1)C2. The molecule has 0 fully saturated rings. The van der Waals surface area contributed by atoms with Gasteiger partial charge in [-0.2, -0.15) is 13.2 Å². The molecule has 4 rings (SSSR count). The first kappa shape index (κ1) is 27.2. The normalized spacial score (nSPS) is 15.5. The summed E-state index contributed by atoms with van der Waals surface area (Å²) in [4.78, 5) is 48.5. The van der Waals surface area contributed by atoms with Gasteiger partial charge in [-0.05, 0) is 45.4 Å². The first-order valence-corrected chi connectivity index (χ1v) is 11.9. The smallest absolute Gasteiger partial charge is 0.417 e. The van der Waals surface area contributed by atoms with Crippen LogP contribution in [0.2, 0.25) is 5.02 Å². The maximum atomic E-state index is 13.7. The van der Waals surface area contributed by atoms with E-state index in [-0.39, 0.29) is 47.9 Å². The number of carbonyl (C=O) groups excluding carboxylic acids is 1. The van der Waals surface area contributed by atoms with Crippen molar-refractivity contribution in [2.75, 3.05) is 5.32 Å². The van der Waals surface area contributed by atoms with E-state index in [1.165, 1.54) is 27.1 Å². The van der Waals surface area contributed by atoms with Gasteiger partial charge in [0.1, 0.15) is 5.69 Å². The Morgan fingerprint density at radius 3 is 2.53 bits per heavy atom. The molecule has 0 radical (unpaired) electrons. The van der Waals surface area contributed by atoms with Gasteiger partial charge in [-0.3, -0.25) is 9.59 Å². The minimum absolute atomic E-state index is 0.0397. The van der Waals surface area contributed by atoms with E-state index in [2.05, 4.69) is 15.3 Å². The van der Waals surface area contributed by atoms with Crippen LogP contribution in [0.4, 0.5) is 19.1 Å². The van der Waals surface area contributed by atoms with Gasteiger partial charge in [0, 0.05) is 30.3 Å². The highest BCUT2D eigenvalue weighted by molar-refractivity contribution is 6.31. The van der Waals surface area contributed by atoms with Crippen LogP contribution in [0.5, 0.6) is 0 Å². The lowest BCUT2D eigenvalue weighted by Gasteiger charge is -2.34. The van der Waals surface area contributed by atoms with Crippen molar-refractivity contribution in [2.45, 2.75) is 52.0 Å². The maximum Gasteiger partial charge on any atom is 0.417 e. The molecule has 0 spiro atoms. The maximum absolute atomic E-state index is 13.7. The van der Waals surface area contributed by atoms with Crippen LogP contribution in [0.15, 0.2) is 29.2 Å². The lowest BCUT2D eigenvalue weighted by Crippen LogP contribution is -2.46. The van der Waals surface area contributed by atoms with E-state index < -0.39 is 40.2 Å². The number of nitrogens with zero attached hydrogens (tertiary/aromatic N) is 5. The molecule has 10 nitrogen and oxygen atoms in total. The molecule has 2 aromatic heterocycles. The Labute approximate surface area is 219 Å². The number of nitrogens with one attached hydrogen (secondary N) is 1. The Morgan fingerprint density at radius 1 is 1.26 bits per heavy atom. The van der Waals surface area contributed by atoms with Crippen molar-refractivity contribution < 1.29 is 27.9 Å². The van der Waals surface area contributed by atoms with Gasteiger partial charge in [-0.1, -0.05) is 11.6 Å². The van der Waals surface area contributed by atoms with E-state index in [9.17, 15) is 32.7 Å². The van der Waals surface area contributed by atoms with Crippen LogP contribution in [0.3, 0.4) is 0 Å². The number of carbonyl (C=O) groups is 2. The first-order valence-electron chi connectivity index (χ1n) is 11.5. The highest BCUT2D eigenvalue weighted by Gasteiger charge is 2.36. The summed E-state index contributed by atoms with van der Waals surface area (Å²) >= 11 is 5.70. The summed E-state index contributed by atoms with van der Waals surface area (Å²) in [5, 5.41) is 11.9. The van der Waals surface area contributed by atoms with Crippen LogP contribution in [0, 0.1) is 0 Å². The molecule has 1 aliphatic heterocycles. The van der Waals surface area contributed by atoms with Gasteiger partial charge >= 0.3 is 12.1 Å². The van der Waals surface area contributed by atoms with Crippen LogP contribution in [-0.2, 0) is 26.2 Å². The van der Waals surface area contributed by atoms with Gasteiger partial charge in [0.2, 0.25) is 11.9 Å². The highest BCUT2D eigenvalue weighted by Crippen LogP contribution is 2.36. The number of alkyl halides is 3. The van der Waals surface area contributed by atoms with Crippen LogP contribution >= 0.6 is 11.6 Å². The number of benzene rings is 1. The number of imidazole rings is 1. The molecule has 3 heterocycles. The van der Waals surface area contributed by atoms with Gasteiger partial charge < -0.3 is 19.9 Å². The molecule has 202 valence electrons. The van der Waals surface area contributed by atoms with Crippen LogP contribution < -0.4 is 10.9 Å². The average molecular weight is 553 g/mol. The summed E-state index contributed by atoms with van der Waals surface area (Å²) < 4.78 is 42.5. The van der Waals surface area contributed by atoms with Crippen LogP contribution in [0.25, 0.3) is 5.95 Å². The molecular weight excluding hydrogens is 529 g/mol. The molecule has 0 saturated heterocycles. The molecule has 1 aliphatic rings. The molecule has 1 aromatic carbocycles. The van der Waals surface area contributed by atoms with Crippen molar-refractivity contribution in [3.05, 3.63) is 67.9 Å². The monoisotopic (exact) mass is 552 g/mol. The Balaban J connectivity index is 1.79. The minimum atomic E-state index is -4.73. The van der Waals surface area contributed by atoms with Crippen LogP contribution in [0.1, 0.15) is 58.4 Å². The zero-order valence-corrected chi connectivity index (χ0v) is 21.6. The Hall–Kier alpha value is -3.87. The second-order valence-electron chi connectivity index (χ2n) is 9.29. The zero-order valence-electron chi connectivity index (χ0n) is 20.8. The summed E-state index contributed by atoms with van der Waals surface area (Å²) in [6.07, 6.45) is -3.53. The number of aromatic carboxylic acids is 1. The lowest BCUT2D eigenvalue weighted by molar-refractivity contribution is -0.137. The summed E-state index contributed by atoms with van der Waals surface area (Å²) in [5.74, 6) is -1.76. The van der Waals surface area contributed by atoms with Crippen molar-refractivity contribution in [1.82, 2.24) is 24.0 Å². The van der Waals surface area contributed by atoms with E-state index in [0.717, 1.165) is 12.3 Å². The fourth-order valence-corrected chi connectivity index (χ4v) is 4.54. The number of halogens is 4. The van der Waals surface area contributed by atoms with Gasteiger partial charge in [0.05, 0.1) is 29.0 Å². The third-order valence-corrected chi connectivity index (χ3v) is 6.52. The Kier molecular flexibility index (Phi) is 6.99. The van der Waals surface area contributed by atoms with Gasteiger partial charge in [0.25, 0.3) is 11.5 Å². The molecule has 38 heavy (non-hydrogen) atoms. The van der Waals surface area contributed by atoms with Crippen molar-refractivity contribution in [3.8, 4) is 5.95 Å². The summed E-state index contributed by atoms with van der Waals surface area (Å²) in [7, 11) is 1.46. The van der Waals surface area contributed by atoms with Crippen molar-refractivity contribution in [2.24, 2.45) is 7.05 Å². The number of amides is 1. The van der Waals surface area contributed by atoms with Gasteiger partial charge in [0.15, 0.2) is 0 Å². The summed E-state index contributed by atoms with van der Waals surface area (Å²) in [6.45, 7) is 5.18. The third-order valence-electron chi connectivity index (χ3n) is 6.19. The second-order valence-corrected chi connectivity index (χ2v) is 9.69. The topological polar surface area (TPSA) is 122 Å². The van der Waals surface area contributed by atoms with Crippen molar-refractivity contribution in [3.63, 3.8) is 0 Å². The zero-order chi connectivity index (χ0) is 28.1. The van der Waals surface area contributed by atoms with Crippen LogP contribution in [-0.4, -0.2) is 53.1 Å². The highest BCUT2D eigenvalue weighted by atomic mass is 35.5. The molecule has 14 heteroatoms. The molecule has 0 aliphatic carbocycles. The van der Waals surface area contributed by atoms with E-state index in [0.29, 0.717) is 11.6 Å². The number of anilines is 1. The molecule has 1 atom stereocenters. The fraction of sp³-hybridized carbons (Fsp3) is 0.375. The number of hydrogen-bond acceptors (Lipinski definition) is 6. The number of fused-ring (bicyclic) bond motifs is 1. The van der Waals surface area contributed by atoms with Gasteiger partial charge in [-0.15, -0.1) is 0 Å². The molecule has 0 saturated carbocycles. The fourth-order valence-electron chi connectivity index (χ4n) is 4.32. The Morgan fingerprint density at radius 2 is 1.95 bits per heavy atom. The van der Waals surface area contributed by atoms with E-state index >= 15 is 0 Å². The molecule has 0 unspecified atom stereocenters. The number of rotatable bonds is 5. The average Bonchev–Trinajstić information content (AvgIpc) is 3.19. The minimum Gasteiger partial charge on any atom is -0.477 e. The predicted molar refractivity (Wildman–Crippen MR) is 132 cm³/mol. The standard InChI is InChI=1S/C24H24ClF3N6O4/c1-11(2)30-22-31-17-10-33(19(35)13-5-6-16(25)15(8-13)24(26,27)28)12(3)7-14(17)20(36)34(22)23-29-9-18(21(37)38)32(23)4/h5-6,8-9,11-12H,7,10H2,1-4H3,(H,30,31)(H,37,38)/t12-/m1/s1. The molecule has 1 amide bonds. The quantitative estimate of drug-likeness (QED) is 0.494. The van der Waals surface area contributed by atoms with E-state index in [4.69, 9.17) is 11.6 Å². The third kappa shape index (κ3) is 4.85. The first-order chi connectivity index (χ1) is 17.7. The van der Waals surface area contributed by atoms with Crippen molar-refractivity contribution >= 4 is 29.4 Å². The number of hydrogen-bond donors (Lipinski definition) is 2. The van der Waals surface area contributed by atoms with Crippen molar-refractivity contribution in [1.29, 1.82) is 0 Å². The Bertz CT molecular complexity index is 1500. The second kappa shape index (κ2) is 9.78. The molecular formula is C24H24ClF3N6O4. The summed E-state index contributed by atoms with van der Waals surface area (Å²) in [5.41, 5.74) is -1.36. The molecule has 2 N–H and O–H groups in total. The number of aromatic nitrogens is 4. The molecule has 3 aromatic rings. The number of carboxylic acid groups (broad SMARTS) is 1. The summed E-state index contributed by atoms with van der Waals surface area (Å²) in [6, 6.07) is 2.23.